The van der Waals surface area contributed by atoms with E-state index in [0.29, 0.717) is 6.61 Å². The molecule has 1 aliphatic rings. The molecule has 0 saturated carbocycles. The highest BCUT2D eigenvalue weighted by atomic mass is 16.5. The van der Waals surface area contributed by atoms with E-state index in [1.54, 1.807) is 24.3 Å². The Hall–Kier alpha value is -2.04. The van der Waals surface area contributed by atoms with Gasteiger partial charge >= 0.3 is 6.03 Å². The third kappa shape index (κ3) is 2.55. The lowest BCUT2D eigenvalue weighted by atomic mass is 10.1. The standard InChI is InChI=1S/C12H14N2O3/c1-2-7-17-9-5-3-8(4-6-9)10-11(15)14-12(16)13-10/h3-6,10H,2,7H2,1H3,(H2,13,14,15,16)/t10-/m1/s1. The van der Waals surface area contributed by atoms with E-state index in [1.807, 2.05) is 6.92 Å². The lowest BCUT2D eigenvalue weighted by Crippen LogP contribution is -2.22. The number of carbonyl (C=O) groups is 2. The molecule has 1 atom stereocenters. The molecular formula is C12H14N2O3. The summed E-state index contributed by atoms with van der Waals surface area (Å²) in [4.78, 5) is 22.4. The largest absolute Gasteiger partial charge is 0.494 e. The Morgan fingerprint density at radius 3 is 2.47 bits per heavy atom. The molecule has 2 N–H and O–H groups in total. The van der Waals surface area contributed by atoms with Crippen molar-refractivity contribution in [2.45, 2.75) is 19.4 Å². The van der Waals surface area contributed by atoms with Crippen LogP contribution in [0.5, 0.6) is 5.75 Å². The zero-order valence-corrected chi connectivity index (χ0v) is 9.53. The van der Waals surface area contributed by atoms with Gasteiger partial charge in [0, 0.05) is 0 Å². The zero-order valence-electron chi connectivity index (χ0n) is 9.53. The van der Waals surface area contributed by atoms with Crippen molar-refractivity contribution in [3.8, 4) is 5.75 Å². The van der Waals surface area contributed by atoms with Gasteiger partial charge in [0.2, 0.25) is 0 Å². The highest BCUT2D eigenvalue weighted by Gasteiger charge is 2.30. The monoisotopic (exact) mass is 234 g/mol. The molecule has 90 valence electrons. The normalized spacial score (nSPS) is 18.8. The summed E-state index contributed by atoms with van der Waals surface area (Å²) >= 11 is 0. The Kier molecular flexibility index (Phi) is 3.27. The molecule has 5 nitrogen and oxygen atoms in total. The molecule has 0 aromatic heterocycles. The highest BCUT2D eigenvalue weighted by Crippen LogP contribution is 2.20. The number of ether oxygens (including phenoxy) is 1. The minimum atomic E-state index is -0.595. The van der Waals surface area contributed by atoms with Crippen molar-refractivity contribution in [2.24, 2.45) is 0 Å². The average molecular weight is 234 g/mol. The molecule has 1 aromatic carbocycles. The number of amides is 3. The zero-order chi connectivity index (χ0) is 12.3. The van der Waals surface area contributed by atoms with Crippen molar-refractivity contribution in [2.75, 3.05) is 6.61 Å². The van der Waals surface area contributed by atoms with Crippen LogP contribution in [0.25, 0.3) is 0 Å². The van der Waals surface area contributed by atoms with Gasteiger partial charge in [-0.05, 0) is 24.1 Å². The van der Waals surface area contributed by atoms with Gasteiger partial charge in [-0.1, -0.05) is 19.1 Å². The molecule has 1 aromatic rings. The number of benzene rings is 1. The first-order valence-corrected chi connectivity index (χ1v) is 5.55. The van der Waals surface area contributed by atoms with Crippen molar-refractivity contribution in [3.63, 3.8) is 0 Å². The van der Waals surface area contributed by atoms with E-state index >= 15 is 0 Å². The van der Waals surface area contributed by atoms with Gasteiger partial charge < -0.3 is 10.1 Å². The van der Waals surface area contributed by atoms with Crippen LogP contribution in [0.1, 0.15) is 24.9 Å². The number of imide groups is 1. The summed E-state index contributed by atoms with van der Waals surface area (Å²) in [5.41, 5.74) is 0.747. The summed E-state index contributed by atoms with van der Waals surface area (Å²) in [6.07, 6.45) is 0.947. The van der Waals surface area contributed by atoms with Crippen LogP contribution in [0.2, 0.25) is 0 Å². The Morgan fingerprint density at radius 1 is 1.24 bits per heavy atom. The molecule has 1 aliphatic heterocycles. The molecular weight excluding hydrogens is 220 g/mol. The van der Waals surface area contributed by atoms with E-state index in [4.69, 9.17) is 4.74 Å². The maximum absolute atomic E-state index is 11.4. The van der Waals surface area contributed by atoms with Crippen LogP contribution in [0.4, 0.5) is 4.79 Å². The van der Waals surface area contributed by atoms with Gasteiger partial charge in [-0.2, -0.15) is 0 Å². The van der Waals surface area contributed by atoms with Gasteiger partial charge in [0.15, 0.2) is 0 Å². The van der Waals surface area contributed by atoms with E-state index in [-0.39, 0.29) is 5.91 Å². The molecule has 0 spiro atoms. The molecule has 2 rings (SSSR count). The molecule has 0 unspecified atom stereocenters. The number of carbonyl (C=O) groups excluding carboxylic acids is 2. The third-order valence-corrected chi connectivity index (χ3v) is 2.46. The van der Waals surface area contributed by atoms with Crippen molar-refractivity contribution in [3.05, 3.63) is 29.8 Å². The average Bonchev–Trinajstić information content (AvgIpc) is 2.66. The summed E-state index contributed by atoms with van der Waals surface area (Å²) in [5, 5.41) is 4.74. The second kappa shape index (κ2) is 4.86. The van der Waals surface area contributed by atoms with Gasteiger partial charge in [0.05, 0.1) is 6.61 Å². The van der Waals surface area contributed by atoms with Gasteiger partial charge in [0.1, 0.15) is 11.8 Å². The van der Waals surface area contributed by atoms with Crippen molar-refractivity contribution < 1.29 is 14.3 Å². The van der Waals surface area contributed by atoms with Crippen LogP contribution < -0.4 is 15.4 Å². The predicted octanol–water partition coefficient (Wildman–Crippen LogP) is 1.36. The molecule has 1 heterocycles. The van der Waals surface area contributed by atoms with Crippen LogP contribution in [0.3, 0.4) is 0 Å². The predicted molar refractivity (Wildman–Crippen MR) is 61.6 cm³/mol. The number of rotatable bonds is 4. The first-order chi connectivity index (χ1) is 8.20. The lowest BCUT2D eigenvalue weighted by molar-refractivity contribution is -0.120. The van der Waals surface area contributed by atoms with Crippen LogP contribution in [-0.2, 0) is 4.79 Å². The highest BCUT2D eigenvalue weighted by molar-refractivity contribution is 6.04. The Bertz CT molecular complexity index is 428. The summed E-state index contributed by atoms with van der Waals surface area (Å²) < 4.78 is 5.43. The lowest BCUT2D eigenvalue weighted by Gasteiger charge is -2.09. The van der Waals surface area contributed by atoms with Gasteiger partial charge in [-0.3, -0.25) is 10.1 Å². The SMILES string of the molecule is CCCOc1ccc([C@H]2NC(=O)NC2=O)cc1. The number of urea groups is 1. The Balaban J connectivity index is 2.07. The molecule has 1 fully saturated rings. The van der Waals surface area contributed by atoms with Gasteiger partial charge in [0.25, 0.3) is 5.91 Å². The molecule has 3 amide bonds. The second-order valence-corrected chi connectivity index (χ2v) is 3.81. The van der Waals surface area contributed by atoms with E-state index in [9.17, 15) is 9.59 Å². The molecule has 0 bridgehead atoms. The minimum absolute atomic E-state index is 0.322. The molecule has 17 heavy (non-hydrogen) atoms. The quantitative estimate of drug-likeness (QED) is 0.773. The fourth-order valence-corrected chi connectivity index (χ4v) is 1.63. The van der Waals surface area contributed by atoms with E-state index in [2.05, 4.69) is 10.6 Å². The number of hydrogen-bond acceptors (Lipinski definition) is 3. The van der Waals surface area contributed by atoms with Crippen LogP contribution >= 0.6 is 0 Å². The Labute approximate surface area is 99.2 Å². The smallest absolute Gasteiger partial charge is 0.322 e. The summed E-state index contributed by atoms with van der Waals surface area (Å²) in [5.74, 6) is 0.442. The van der Waals surface area contributed by atoms with E-state index in [0.717, 1.165) is 17.7 Å². The molecule has 1 saturated heterocycles. The molecule has 0 radical (unpaired) electrons. The van der Waals surface area contributed by atoms with Crippen LogP contribution in [0.15, 0.2) is 24.3 Å². The first kappa shape index (κ1) is 11.4. The topological polar surface area (TPSA) is 67.4 Å². The minimum Gasteiger partial charge on any atom is -0.494 e. The van der Waals surface area contributed by atoms with Crippen LogP contribution in [0, 0.1) is 0 Å². The molecule has 5 heteroatoms. The molecule has 0 aliphatic carbocycles. The van der Waals surface area contributed by atoms with Gasteiger partial charge in [-0.25, -0.2) is 4.79 Å². The van der Waals surface area contributed by atoms with E-state index in [1.165, 1.54) is 0 Å². The van der Waals surface area contributed by atoms with Crippen molar-refractivity contribution in [1.82, 2.24) is 10.6 Å². The maximum Gasteiger partial charge on any atom is 0.322 e. The van der Waals surface area contributed by atoms with Crippen LogP contribution in [-0.4, -0.2) is 18.5 Å². The first-order valence-electron chi connectivity index (χ1n) is 5.55. The van der Waals surface area contributed by atoms with Gasteiger partial charge in [-0.15, -0.1) is 0 Å². The Morgan fingerprint density at radius 2 is 1.94 bits per heavy atom. The van der Waals surface area contributed by atoms with Crippen molar-refractivity contribution >= 4 is 11.9 Å². The number of nitrogens with one attached hydrogen (secondary N) is 2. The maximum atomic E-state index is 11.4. The second-order valence-electron chi connectivity index (χ2n) is 3.81. The summed E-state index contributed by atoms with van der Waals surface area (Å²) in [6.45, 7) is 2.70. The fourth-order valence-electron chi connectivity index (χ4n) is 1.63. The number of hydrogen-bond donors (Lipinski definition) is 2. The summed E-state index contributed by atoms with van der Waals surface area (Å²) in [6, 6.07) is 6.10. The summed E-state index contributed by atoms with van der Waals surface area (Å²) in [7, 11) is 0. The van der Waals surface area contributed by atoms with Crippen molar-refractivity contribution in [1.29, 1.82) is 0 Å². The third-order valence-electron chi connectivity index (χ3n) is 2.46. The van der Waals surface area contributed by atoms with E-state index < -0.39 is 12.1 Å². The fraction of sp³-hybridized carbons (Fsp3) is 0.333.